The van der Waals surface area contributed by atoms with Gasteiger partial charge in [-0.05, 0) is 49.1 Å². The number of aromatic amines is 1. The van der Waals surface area contributed by atoms with Crippen molar-refractivity contribution in [1.82, 2.24) is 20.2 Å². The van der Waals surface area contributed by atoms with Gasteiger partial charge < -0.3 is 35.1 Å². The third-order valence-corrected chi connectivity index (χ3v) is 6.22. The number of pyridine rings is 1. The molecule has 0 aliphatic carbocycles. The smallest absolute Gasteiger partial charge is 0.226 e. The second-order valence-electron chi connectivity index (χ2n) is 8.79. The number of ether oxygens (including phenoxy) is 3. The number of aromatic nitrogens is 4. The predicted octanol–water partition coefficient (Wildman–Crippen LogP) is 5.21. The van der Waals surface area contributed by atoms with E-state index in [0.29, 0.717) is 35.0 Å². The van der Waals surface area contributed by atoms with Crippen molar-refractivity contribution < 1.29 is 14.2 Å². The van der Waals surface area contributed by atoms with Crippen LogP contribution in [-0.4, -0.2) is 54.1 Å². The first-order valence-electron chi connectivity index (χ1n) is 12.3. The van der Waals surface area contributed by atoms with Crippen LogP contribution in [0.15, 0.2) is 60.8 Å². The maximum atomic E-state index is 5.45. The van der Waals surface area contributed by atoms with Gasteiger partial charge in [0.15, 0.2) is 5.82 Å². The zero-order chi connectivity index (χ0) is 25.5. The number of anilines is 5. The van der Waals surface area contributed by atoms with Crippen LogP contribution in [0, 0.1) is 5.92 Å². The average Bonchev–Trinajstić information content (AvgIpc) is 3.41. The van der Waals surface area contributed by atoms with Crippen LogP contribution in [0.5, 0.6) is 11.5 Å². The van der Waals surface area contributed by atoms with E-state index in [1.165, 1.54) is 0 Å². The minimum absolute atomic E-state index is 0.537. The van der Waals surface area contributed by atoms with E-state index in [9.17, 15) is 0 Å². The summed E-state index contributed by atoms with van der Waals surface area (Å²) in [4.78, 5) is 7.76. The Morgan fingerprint density at radius 1 is 0.892 bits per heavy atom. The molecule has 2 aromatic carbocycles. The number of nitrogens with one attached hydrogen (secondary N) is 4. The molecule has 0 spiro atoms. The summed E-state index contributed by atoms with van der Waals surface area (Å²) in [5.41, 5.74) is 3.52. The Morgan fingerprint density at radius 2 is 1.68 bits per heavy atom. The van der Waals surface area contributed by atoms with Gasteiger partial charge in [-0.3, -0.25) is 0 Å². The maximum absolute atomic E-state index is 5.45. The van der Waals surface area contributed by atoms with Crippen LogP contribution in [0.2, 0.25) is 0 Å². The third-order valence-electron chi connectivity index (χ3n) is 6.22. The first kappa shape index (κ1) is 24.4. The molecule has 192 valence electrons. The van der Waals surface area contributed by atoms with Gasteiger partial charge in [-0.25, -0.2) is 4.98 Å². The van der Waals surface area contributed by atoms with Crippen molar-refractivity contribution in [2.24, 2.45) is 5.92 Å². The Kier molecular flexibility index (Phi) is 7.66. The van der Waals surface area contributed by atoms with Crippen molar-refractivity contribution in [2.45, 2.75) is 12.8 Å². The summed E-state index contributed by atoms with van der Waals surface area (Å²) in [6, 6.07) is 17.5. The number of H-pyrrole nitrogens is 1. The second kappa shape index (κ2) is 11.6. The van der Waals surface area contributed by atoms with Crippen molar-refractivity contribution in [1.29, 1.82) is 0 Å². The molecule has 0 bridgehead atoms. The normalized spacial score (nSPS) is 13.7. The predicted molar refractivity (Wildman–Crippen MR) is 144 cm³/mol. The summed E-state index contributed by atoms with van der Waals surface area (Å²) < 4.78 is 16.2. The number of methoxy groups -OCH3 is 2. The highest BCUT2D eigenvalue weighted by Crippen LogP contribution is 2.31. The van der Waals surface area contributed by atoms with Gasteiger partial charge in [-0.15, -0.1) is 10.2 Å². The molecule has 4 N–H and O–H groups in total. The first-order valence-corrected chi connectivity index (χ1v) is 12.3. The fourth-order valence-corrected chi connectivity index (χ4v) is 4.21. The lowest BCUT2D eigenvalue weighted by Crippen LogP contribution is -2.22. The molecule has 0 atom stereocenters. The minimum Gasteiger partial charge on any atom is -0.497 e. The number of hydrogen-bond donors (Lipinski definition) is 4. The van der Waals surface area contributed by atoms with Crippen LogP contribution in [0.1, 0.15) is 12.8 Å². The van der Waals surface area contributed by atoms with E-state index < -0.39 is 0 Å². The zero-order valence-electron chi connectivity index (χ0n) is 21.0. The molecule has 0 unspecified atom stereocenters. The summed E-state index contributed by atoms with van der Waals surface area (Å²) in [6.45, 7) is 2.64. The van der Waals surface area contributed by atoms with Gasteiger partial charge in [-0.1, -0.05) is 6.07 Å². The van der Waals surface area contributed by atoms with E-state index in [-0.39, 0.29) is 0 Å². The molecule has 37 heavy (non-hydrogen) atoms. The molecular weight excluding hydrogens is 470 g/mol. The summed E-state index contributed by atoms with van der Waals surface area (Å²) in [5, 5.41) is 18.8. The van der Waals surface area contributed by atoms with E-state index in [0.717, 1.165) is 55.2 Å². The Labute approximate surface area is 215 Å². The first-order chi connectivity index (χ1) is 18.2. The second-order valence-corrected chi connectivity index (χ2v) is 8.79. The van der Waals surface area contributed by atoms with Crippen LogP contribution >= 0.6 is 0 Å². The number of benzene rings is 2. The number of nitrogens with zero attached hydrogens (tertiary/aromatic N) is 3. The van der Waals surface area contributed by atoms with Gasteiger partial charge in [-0.2, -0.15) is 0 Å². The maximum Gasteiger partial charge on any atom is 0.226 e. The van der Waals surface area contributed by atoms with Gasteiger partial charge in [0.25, 0.3) is 0 Å². The van der Waals surface area contributed by atoms with Crippen LogP contribution < -0.4 is 25.4 Å². The summed E-state index contributed by atoms with van der Waals surface area (Å²) in [7, 11) is 3.23. The Morgan fingerprint density at radius 3 is 2.46 bits per heavy atom. The Hall–Kier alpha value is -4.31. The van der Waals surface area contributed by atoms with Gasteiger partial charge in [0.05, 0.1) is 19.8 Å². The topological polar surface area (TPSA) is 118 Å². The van der Waals surface area contributed by atoms with Gasteiger partial charge in [0, 0.05) is 61.2 Å². The molecule has 1 aliphatic heterocycles. The molecule has 5 rings (SSSR count). The highest BCUT2D eigenvalue weighted by molar-refractivity contribution is 5.75. The summed E-state index contributed by atoms with van der Waals surface area (Å²) in [6.07, 6.45) is 3.92. The van der Waals surface area contributed by atoms with E-state index in [1.807, 2.05) is 42.5 Å². The fourth-order valence-electron chi connectivity index (χ4n) is 4.21. The lowest BCUT2D eigenvalue weighted by Gasteiger charge is -2.22. The molecule has 1 fully saturated rings. The van der Waals surface area contributed by atoms with Crippen molar-refractivity contribution in [3.05, 3.63) is 60.8 Å². The van der Waals surface area contributed by atoms with Crippen LogP contribution in [0.3, 0.4) is 0 Å². The number of rotatable bonds is 10. The molecule has 10 heteroatoms. The van der Waals surface area contributed by atoms with Crippen LogP contribution in [0.4, 0.5) is 28.8 Å². The lowest BCUT2D eigenvalue weighted by molar-refractivity contribution is 0.0699. The molecule has 10 nitrogen and oxygen atoms in total. The van der Waals surface area contributed by atoms with Crippen molar-refractivity contribution in [3.8, 4) is 22.9 Å². The molecule has 0 radical (unpaired) electrons. The average molecular weight is 502 g/mol. The van der Waals surface area contributed by atoms with Gasteiger partial charge in [0.1, 0.15) is 17.3 Å². The highest BCUT2D eigenvalue weighted by Gasteiger charge is 2.14. The quantitative estimate of drug-likeness (QED) is 0.232. The Balaban J connectivity index is 1.28. The van der Waals surface area contributed by atoms with Crippen LogP contribution in [-0.2, 0) is 4.74 Å². The molecular formula is C27H31N7O3. The SMILES string of the molecule is COc1cc(Nc2ncccc2-c2nnc(Nc3cccc(NCC4CCOCC4)c3)[nH]2)cc(OC)c1. The highest BCUT2D eigenvalue weighted by atomic mass is 16.5. The molecule has 1 saturated heterocycles. The summed E-state index contributed by atoms with van der Waals surface area (Å²) >= 11 is 0. The van der Waals surface area contributed by atoms with Crippen LogP contribution in [0.25, 0.3) is 11.4 Å². The molecule has 3 heterocycles. The van der Waals surface area contributed by atoms with E-state index in [1.54, 1.807) is 20.4 Å². The monoisotopic (exact) mass is 501 g/mol. The summed E-state index contributed by atoms with van der Waals surface area (Å²) in [5.74, 6) is 3.74. The lowest BCUT2D eigenvalue weighted by atomic mass is 10.0. The van der Waals surface area contributed by atoms with Gasteiger partial charge >= 0.3 is 0 Å². The van der Waals surface area contributed by atoms with Gasteiger partial charge in [0.2, 0.25) is 5.95 Å². The Bertz CT molecular complexity index is 1300. The van der Waals surface area contributed by atoms with E-state index >= 15 is 0 Å². The van der Waals surface area contributed by atoms with Crippen molar-refractivity contribution in [3.63, 3.8) is 0 Å². The molecule has 2 aromatic heterocycles. The molecule has 0 saturated carbocycles. The largest absolute Gasteiger partial charge is 0.497 e. The zero-order valence-corrected chi connectivity index (χ0v) is 21.0. The third kappa shape index (κ3) is 6.28. The minimum atomic E-state index is 0.537. The van der Waals surface area contributed by atoms with E-state index in [4.69, 9.17) is 14.2 Å². The number of hydrogen-bond acceptors (Lipinski definition) is 9. The van der Waals surface area contributed by atoms with Crippen molar-refractivity contribution >= 4 is 28.8 Å². The molecule has 1 aliphatic rings. The molecule has 0 amide bonds. The standard InChI is InChI=1S/C27H31N7O3/c1-35-22-14-21(15-23(16-22)36-2)30-25-24(7-4-10-28-25)26-32-27(34-33-26)31-20-6-3-5-19(13-20)29-17-18-8-11-37-12-9-18/h3-7,10,13-16,18,29H,8-9,11-12,17H2,1-2H3,(H,28,30)(H2,31,32,33,34). The fraction of sp³-hybridized carbons (Fsp3) is 0.296. The van der Waals surface area contributed by atoms with E-state index in [2.05, 4.69) is 48.2 Å². The molecule has 4 aromatic rings. The van der Waals surface area contributed by atoms with Crippen molar-refractivity contribution in [2.75, 3.05) is 49.9 Å².